The average Bonchev–Trinajstić information content (AvgIpc) is 2.16. The SMILES string of the molecule is CC(C)C1CN(CCC=O)CCN1C. The van der Waals surface area contributed by atoms with Gasteiger partial charge in [-0.05, 0) is 13.0 Å². The Morgan fingerprint density at radius 2 is 2.14 bits per heavy atom. The first-order valence-corrected chi connectivity index (χ1v) is 5.51. The Bertz CT molecular complexity index is 182. The molecule has 0 radical (unpaired) electrons. The second-order valence-electron chi connectivity index (χ2n) is 4.55. The second-order valence-corrected chi connectivity index (χ2v) is 4.55. The van der Waals surface area contributed by atoms with Crippen molar-refractivity contribution in [2.24, 2.45) is 5.92 Å². The molecule has 3 nitrogen and oxygen atoms in total. The lowest BCUT2D eigenvalue weighted by Gasteiger charge is -2.41. The third-order valence-electron chi connectivity index (χ3n) is 3.11. The van der Waals surface area contributed by atoms with E-state index in [-0.39, 0.29) is 0 Å². The summed E-state index contributed by atoms with van der Waals surface area (Å²) < 4.78 is 0. The Labute approximate surface area is 87.1 Å². The molecule has 0 bridgehead atoms. The summed E-state index contributed by atoms with van der Waals surface area (Å²) in [4.78, 5) is 15.1. The van der Waals surface area contributed by atoms with Gasteiger partial charge in [-0.25, -0.2) is 0 Å². The van der Waals surface area contributed by atoms with Crippen molar-refractivity contribution >= 4 is 6.29 Å². The van der Waals surface area contributed by atoms with E-state index >= 15 is 0 Å². The number of hydrogen-bond donors (Lipinski definition) is 0. The van der Waals surface area contributed by atoms with Crippen LogP contribution >= 0.6 is 0 Å². The van der Waals surface area contributed by atoms with Gasteiger partial charge in [0.15, 0.2) is 0 Å². The zero-order chi connectivity index (χ0) is 10.6. The van der Waals surface area contributed by atoms with Gasteiger partial charge in [0.05, 0.1) is 0 Å². The van der Waals surface area contributed by atoms with Gasteiger partial charge in [-0.3, -0.25) is 0 Å². The Morgan fingerprint density at radius 3 is 2.71 bits per heavy atom. The molecule has 1 fully saturated rings. The van der Waals surface area contributed by atoms with Crippen LogP contribution in [-0.2, 0) is 4.79 Å². The lowest BCUT2D eigenvalue weighted by Crippen LogP contribution is -2.53. The number of hydrogen-bond acceptors (Lipinski definition) is 3. The number of likely N-dealkylation sites (N-methyl/N-ethyl adjacent to an activating group) is 1. The normalized spacial score (nSPS) is 25.6. The summed E-state index contributed by atoms with van der Waals surface area (Å²) in [7, 11) is 2.20. The Morgan fingerprint density at radius 1 is 1.43 bits per heavy atom. The molecule has 0 aromatic rings. The van der Waals surface area contributed by atoms with Crippen molar-refractivity contribution in [2.75, 3.05) is 33.2 Å². The van der Waals surface area contributed by atoms with Gasteiger partial charge in [0.2, 0.25) is 0 Å². The minimum absolute atomic E-state index is 0.649. The molecule has 1 rings (SSSR count). The topological polar surface area (TPSA) is 23.6 Å². The van der Waals surface area contributed by atoms with E-state index in [1.54, 1.807) is 0 Å². The first-order valence-electron chi connectivity index (χ1n) is 5.51. The zero-order valence-corrected chi connectivity index (χ0v) is 9.57. The summed E-state index contributed by atoms with van der Waals surface area (Å²) in [6.45, 7) is 8.81. The summed E-state index contributed by atoms with van der Waals surface area (Å²) >= 11 is 0. The van der Waals surface area contributed by atoms with Gasteiger partial charge in [0.25, 0.3) is 0 Å². The molecule has 0 N–H and O–H groups in total. The van der Waals surface area contributed by atoms with Crippen LogP contribution in [0.25, 0.3) is 0 Å². The largest absolute Gasteiger partial charge is 0.303 e. The van der Waals surface area contributed by atoms with Crippen molar-refractivity contribution < 1.29 is 4.79 Å². The molecule has 1 atom stereocenters. The van der Waals surface area contributed by atoms with Crippen molar-refractivity contribution in [3.05, 3.63) is 0 Å². The van der Waals surface area contributed by atoms with Crippen molar-refractivity contribution in [1.82, 2.24) is 9.80 Å². The van der Waals surface area contributed by atoms with Crippen molar-refractivity contribution in [2.45, 2.75) is 26.3 Å². The number of piperazine rings is 1. The molecule has 0 spiro atoms. The van der Waals surface area contributed by atoms with E-state index in [0.29, 0.717) is 18.4 Å². The summed E-state index contributed by atoms with van der Waals surface area (Å²) in [5, 5.41) is 0. The average molecular weight is 198 g/mol. The Kier molecular flexibility index (Phi) is 4.55. The van der Waals surface area contributed by atoms with E-state index in [0.717, 1.165) is 32.5 Å². The molecule has 0 aliphatic carbocycles. The minimum atomic E-state index is 0.649. The lowest BCUT2D eigenvalue weighted by atomic mass is 10.0. The third kappa shape index (κ3) is 3.07. The fraction of sp³-hybridized carbons (Fsp3) is 0.909. The number of carbonyl (C=O) groups is 1. The summed E-state index contributed by atoms with van der Waals surface area (Å²) in [5.41, 5.74) is 0. The molecular formula is C11H22N2O. The highest BCUT2D eigenvalue weighted by Gasteiger charge is 2.25. The van der Waals surface area contributed by atoms with Crippen LogP contribution in [0, 0.1) is 5.92 Å². The minimum Gasteiger partial charge on any atom is -0.303 e. The predicted molar refractivity (Wildman–Crippen MR) is 58.4 cm³/mol. The smallest absolute Gasteiger partial charge is 0.121 e. The van der Waals surface area contributed by atoms with Crippen LogP contribution in [0.3, 0.4) is 0 Å². The van der Waals surface area contributed by atoms with E-state index in [4.69, 9.17) is 0 Å². The highest BCUT2D eigenvalue weighted by molar-refractivity contribution is 5.49. The number of carbonyl (C=O) groups excluding carboxylic acids is 1. The Balaban J connectivity index is 2.40. The van der Waals surface area contributed by atoms with Crippen LogP contribution in [0.4, 0.5) is 0 Å². The second kappa shape index (κ2) is 5.47. The van der Waals surface area contributed by atoms with Gasteiger partial charge in [-0.15, -0.1) is 0 Å². The molecule has 0 amide bonds. The van der Waals surface area contributed by atoms with Crippen molar-refractivity contribution in [1.29, 1.82) is 0 Å². The lowest BCUT2D eigenvalue weighted by molar-refractivity contribution is -0.108. The maximum absolute atomic E-state index is 10.3. The molecule has 82 valence electrons. The quantitative estimate of drug-likeness (QED) is 0.626. The first kappa shape index (κ1) is 11.7. The number of rotatable bonds is 4. The monoisotopic (exact) mass is 198 g/mol. The molecule has 1 unspecified atom stereocenters. The van der Waals surface area contributed by atoms with Gasteiger partial charge >= 0.3 is 0 Å². The molecule has 3 heteroatoms. The van der Waals surface area contributed by atoms with Gasteiger partial charge in [0.1, 0.15) is 6.29 Å². The van der Waals surface area contributed by atoms with Crippen LogP contribution in [0.15, 0.2) is 0 Å². The molecule has 0 aromatic heterocycles. The van der Waals surface area contributed by atoms with Crippen LogP contribution in [-0.4, -0.2) is 55.4 Å². The van der Waals surface area contributed by atoms with Crippen LogP contribution < -0.4 is 0 Å². The molecule has 1 aliphatic rings. The third-order valence-corrected chi connectivity index (χ3v) is 3.11. The summed E-state index contributed by atoms with van der Waals surface area (Å²) in [6, 6.07) is 0.649. The van der Waals surface area contributed by atoms with E-state index in [2.05, 4.69) is 30.7 Å². The highest BCUT2D eigenvalue weighted by Crippen LogP contribution is 2.15. The Hall–Kier alpha value is -0.410. The fourth-order valence-corrected chi connectivity index (χ4v) is 2.12. The molecule has 1 aliphatic heterocycles. The van der Waals surface area contributed by atoms with Crippen molar-refractivity contribution in [3.63, 3.8) is 0 Å². The van der Waals surface area contributed by atoms with E-state index < -0.39 is 0 Å². The van der Waals surface area contributed by atoms with Gasteiger partial charge < -0.3 is 14.6 Å². The highest BCUT2D eigenvalue weighted by atomic mass is 16.1. The molecule has 1 saturated heterocycles. The maximum atomic E-state index is 10.3. The number of nitrogens with zero attached hydrogens (tertiary/aromatic N) is 2. The van der Waals surface area contributed by atoms with Crippen LogP contribution in [0.1, 0.15) is 20.3 Å². The van der Waals surface area contributed by atoms with E-state index in [9.17, 15) is 4.79 Å². The summed E-state index contributed by atoms with van der Waals surface area (Å²) in [5.74, 6) is 0.694. The fourth-order valence-electron chi connectivity index (χ4n) is 2.12. The van der Waals surface area contributed by atoms with E-state index in [1.807, 2.05) is 0 Å². The van der Waals surface area contributed by atoms with Gasteiger partial charge in [0, 0.05) is 38.6 Å². The van der Waals surface area contributed by atoms with E-state index in [1.165, 1.54) is 0 Å². The molecular weight excluding hydrogens is 176 g/mol. The standard InChI is InChI=1S/C11H22N2O/c1-10(2)11-9-13(5-4-8-14)7-6-12(11)3/h8,10-11H,4-7,9H2,1-3H3. The first-order chi connectivity index (χ1) is 6.65. The number of aldehydes is 1. The van der Waals surface area contributed by atoms with Crippen LogP contribution in [0.5, 0.6) is 0 Å². The summed E-state index contributed by atoms with van der Waals surface area (Å²) in [6.07, 6.45) is 1.69. The molecule has 0 aromatic carbocycles. The zero-order valence-electron chi connectivity index (χ0n) is 9.57. The molecule has 14 heavy (non-hydrogen) atoms. The van der Waals surface area contributed by atoms with Crippen LogP contribution in [0.2, 0.25) is 0 Å². The van der Waals surface area contributed by atoms with Crippen molar-refractivity contribution in [3.8, 4) is 0 Å². The molecule has 1 heterocycles. The predicted octanol–water partition coefficient (Wildman–Crippen LogP) is 0.847. The van der Waals surface area contributed by atoms with Gasteiger partial charge in [-0.1, -0.05) is 13.8 Å². The molecule has 0 saturated carbocycles. The maximum Gasteiger partial charge on any atom is 0.121 e. The van der Waals surface area contributed by atoms with Gasteiger partial charge in [-0.2, -0.15) is 0 Å².